The lowest BCUT2D eigenvalue weighted by molar-refractivity contribution is -0.317. The molecular weight excluding hydrogens is 324 g/mol. The van der Waals surface area contributed by atoms with E-state index in [1.807, 2.05) is 0 Å². The normalized spacial score (nSPS) is 16.3. The Morgan fingerprint density at radius 2 is 1.55 bits per heavy atom. The van der Waals surface area contributed by atoms with Crippen LogP contribution in [0.1, 0.15) is 19.8 Å². The predicted octanol–water partition coefficient (Wildman–Crippen LogP) is 3.14. The summed E-state index contributed by atoms with van der Waals surface area (Å²) >= 11 is 0. The van der Waals surface area contributed by atoms with Crippen molar-refractivity contribution >= 4 is 7.82 Å². The Bertz CT molecular complexity index is 370. The number of hydrogen-bond donors (Lipinski definition) is 2. The molecule has 0 amide bonds. The van der Waals surface area contributed by atoms with Gasteiger partial charge in [-0.15, -0.1) is 0 Å². The molecule has 0 rings (SSSR count). The zero-order chi connectivity index (χ0) is 16.4. The summed E-state index contributed by atoms with van der Waals surface area (Å²) in [4.78, 5) is 16.7. The Balaban J connectivity index is 5.18. The molecule has 122 valence electrons. The van der Waals surface area contributed by atoms with Crippen LogP contribution in [0.3, 0.4) is 0 Å². The molecule has 4 nitrogen and oxygen atoms in total. The van der Waals surface area contributed by atoms with Crippen LogP contribution in [-0.2, 0) is 9.09 Å². The van der Waals surface area contributed by atoms with E-state index in [4.69, 9.17) is 9.79 Å². The predicted molar refractivity (Wildman–Crippen MR) is 52.6 cm³/mol. The van der Waals surface area contributed by atoms with Gasteiger partial charge in [0.25, 0.3) is 0 Å². The molecule has 0 spiro atoms. The van der Waals surface area contributed by atoms with Crippen LogP contribution < -0.4 is 0 Å². The summed E-state index contributed by atoms with van der Waals surface area (Å²) in [7, 11) is -5.26. The standard InChI is InChI=1S/C8H12F7O4P/c1-2-5(19-20(16,17)18)3-6(10,11)8(14,15)7(12,13)4-9/h5H,2-4H2,1H3,(H2,16,17,18). The average Bonchev–Trinajstić information content (AvgIpc) is 2.25. The first-order valence-electron chi connectivity index (χ1n) is 5.13. The molecule has 0 saturated carbocycles. The van der Waals surface area contributed by atoms with Gasteiger partial charge in [-0.2, -0.15) is 26.3 Å². The second-order valence-electron chi connectivity index (χ2n) is 3.95. The number of rotatable bonds is 8. The van der Waals surface area contributed by atoms with Gasteiger partial charge in [-0.05, 0) is 6.42 Å². The van der Waals surface area contributed by atoms with Crippen molar-refractivity contribution in [3.05, 3.63) is 0 Å². The van der Waals surface area contributed by atoms with E-state index in [9.17, 15) is 35.3 Å². The van der Waals surface area contributed by atoms with Crippen molar-refractivity contribution < 1.29 is 49.6 Å². The number of phosphoric acid groups is 1. The fourth-order valence-corrected chi connectivity index (χ4v) is 1.83. The summed E-state index contributed by atoms with van der Waals surface area (Å²) < 4.78 is 103. The molecule has 20 heavy (non-hydrogen) atoms. The fraction of sp³-hybridized carbons (Fsp3) is 1.00. The van der Waals surface area contributed by atoms with Gasteiger partial charge in [0.1, 0.15) is 0 Å². The molecule has 1 atom stereocenters. The lowest BCUT2D eigenvalue weighted by Gasteiger charge is -2.33. The third-order valence-corrected chi connectivity index (χ3v) is 2.89. The zero-order valence-electron chi connectivity index (χ0n) is 10.0. The van der Waals surface area contributed by atoms with Crippen LogP contribution >= 0.6 is 7.82 Å². The minimum Gasteiger partial charge on any atom is -0.303 e. The zero-order valence-corrected chi connectivity index (χ0v) is 10.9. The molecule has 0 saturated heterocycles. The van der Waals surface area contributed by atoms with Gasteiger partial charge in [-0.3, -0.25) is 4.52 Å². The summed E-state index contributed by atoms with van der Waals surface area (Å²) in [5, 5.41) is 0. The van der Waals surface area contributed by atoms with Gasteiger partial charge in [0, 0.05) is 6.42 Å². The molecule has 0 aliphatic rings. The molecule has 1 unspecified atom stereocenters. The third-order valence-electron chi connectivity index (χ3n) is 2.31. The minimum atomic E-state index is -6.03. The molecule has 0 heterocycles. The highest BCUT2D eigenvalue weighted by Gasteiger charge is 2.71. The highest BCUT2D eigenvalue weighted by atomic mass is 31.2. The Hall–Kier alpha value is -0.380. The highest BCUT2D eigenvalue weighted by Crippen LogP contribution is 2.50. The second-order valence-corrected chi connectivity index (χ2v) is 5.14. The average molecular weight is 336 g/mol. The number of phosphoric ester groups is 1. The molecule has 0 aliphatic carbocycles. The van der Waals surface area contributed by atoms with Gasteiger partial charge < -0.3 is 9.79 Å². The summed E-state index contributed by atoms with van der Waals surface area (Å²) in [6.45, 7) is -1.95. The fourth-order valence-electron chi connectivity index (χ4n) is 1.22. The van der Waals surface area contributed by atoms with Crippen LogP contribution in [0.15, 0.2) is 0 Å². The molecule has 0 aliphatic heterocycles. The maximum atomic E-state index is 13.2. The lowest BCUT2D eigenvalue weighted by Crippen LogP contribution is -2.56. The van der Waals surface area contributed by atoms with Crippen LogP contribution in [0.5, 0.6) is 0 Å². The van der Waals surface area contributed by atoms with Crippen LogP contribution in [0.4, 0.5) is 30.7 Å². The van der Waals surface area contributed by atoms with Crippen LogP contribution in [0, 0.1) is 0 Å². The van der Waals surface area contributed by atoms with E-state index in [-0.39, 0.29) is 0 Å². The van der Waals surface area contributed by atoms with Crippen LogP contribution in [0.2, 0.25) is 0 Å². The molecular formula is C8H12F7O4P. The van der Waals surface area contributed by atoms with Crippen molar-refractivity contribution in [3.63, 3.8) is 0 Å². The number of halogens is 7. The molecule has 0 radical (unpaired) electrons. The Morgan fingerprint density at radius 3 is 1.85 bits per heavy atom. The number of alkyl halides is 7. The van der Waals surface area contributed by atoms with Crippen molar-refractivity contribution in [2.75, 3.05) is 6.67 Å². The molecule has 0 aromatic heterocycles. The second kappa shape index (κ2) is 6.17. The maximum absolute atomic E-state index is 13.2. The van der Waals surface area contributed by atoms with Gasteiger partial charge in [-0.25, -0.2) is 8.96 Å². The van der Waals surface area contributed by atoms with Crippen molar-refractivity contribution in [1.82, 2.24) is 0 Å². The monoisotopic (exact) mass is 336 g/mol. The molecule has 12 heteroatoms. The summed E-state index contributed by atoms with van der Waals surface area (Å²) in [6, 6.07) is 0. The summed E-state index contributed by atoms with van der Waals surface area (Å²) in [6.07, 6.45) is -4.76. The van der Waals surface area contributed by atoms with E-state index >= 15 is 0 Å². The maximum Gasteiger partial charge on any atom is 0.469 e. The Kier molecular flexibility index (Phi) is 6.05. The largest absolute Gasteiger partial charge is 0.469 e. The first kappa shape index (κ1) is 19.6. The van der Waals surface area contributed by atoms with Crippen LogP contribution in [0.25, 0.3) is 0 Å². The van der Waals surface area contributed by atoms with Crippen molar-refractivity contribution in [2.45, 2.75) is 43.6 Å². The van der Waals surface area contributed by atoms with Crippen molar-refractivity contribution in [2.24, 2.45) is 0 Å². The van der Waals surface area contributed by atoms with Crippen molar-refractivity contribution in [3.8, 4) is 0 Å². The van der Waals surface area contributed by atoms with E-state index in [2.05, 4.69) is 4.52 Å². The smallest absolute Gasteiger partial charge is 0.303 e. The molecule has 0 fully saturated rings. The summed E-state index contributed by atoms with van der Waals surface area (Å²) in [5.41, 5.74) is 0. The quantitative estimate of drug-likeness (QED) is 0.528. The van der Waals surface area contributed by atoms with Crippen LogP contribution in [-0.4, -0.2) is 40.3 Å². The third kappa shape index (κ3) is 4.57. The summed E-state index contributed by atoms with van der Waals surface area (Å²) in [5.74, 6) is -17.1. The molecule has 0 bridgehead atoms. The molecule has 0 aromatic carbocycles. The van der Waals surface area contributed by atoms with E-state index < -0.39 is 51.2 Å². The van der Waals surface area contributed by atoms with Gasteiger partial charge in [-0.1, -0.05) is 6.92 Å². The van der Waals surface area contributed by atoms with Gasteiger partial charge in [0.2, 0.25) is 0 Å². The minimum absolute atomic E-state index is 0.558. The lowest BCUT2D eigenvalue weighted by atomic mass is 9.98. The molecule has 0 aromatic rings. The first-order valence-corrected chi connectivity index (χ1v) is 6.66. The Morgan fingerprint density at radius 1 is 1.10 bits per heavy atom. The Labute approximate surface area is 109 Å². The highest BCUT2D eigenvalue weighted by molar-refractivity contribution is 7.46. The first-order chi connectivity index (χ1) is 8.70. The van der Waals surface area contributed by atoms with E-state index in [1.165, 1.54) is 0 Å². The number of hydrogen-bond acceptors (Lipinski definition) is 2. The van der Waals surface area contributed by atoms with Gasteiger partial charge >= 0.3 is 25.6 Å². The van der Waals surface area contributed by atoms with Crippen molar-refractivity contribution in [1.29, 1.82) is 0 Å². The van der Waals surface area contributed by atoms with Gasteiger partial charge in [0.15, 0.2) is 6.67 Å². The van der Waals surface area contributed by atoms with Gasteiger partial charge in [0.05, 0.1) is 6.10 Å². The molecule has 2 N–H and O–H groups in total. The van der Waals surface area contributed by atoms with E-state index in [0.29, 0.717) is 0 Å². The topological polar surface area (TPSA) is 66.8 Å². The van der Waals surface area contributed by atoms with E-state index in [0.717, 1.165) is 6.92 Å². The SMILES string of the molecule is CCC(CC(F)(F)C(F)(F)C(F)(F)CF)OP(=O)(O)O. The van der Waals surface area contributed by atoms with E-state index in [1.54, 1.807) is 0 Å².